The maximum Gasteiger partial charge on any atom is 0.124 e. The predicted octanol–water partition coefficient (Wildman–Crippen LogP) is 4.30. The molecule has 0 radical (unpaired) electrons. The summed E-state index contributed by atoms with van der Waals surface area (Å²) in [7, 11) is 0. The van der Waals surface area contributed by atoms with Crippen LogP contribution in [0.15, 0.2) is 27.7 Å². The molecule has 2 rings (SSSR count). The Hall–Kier alpha value is -0.830. The molecule has 1 N–H and O–H groups in total. The summed E-state index contributed by atoms with van der Waals surface area (Å²) in [5, 5.41) is 9.71. The van der Waals surface area contributed by atoms with Crippen molar-refractivity contribution in [3.05, 3.63) is 28.2 Å². The number of benzene rings is 1. The van der Waals surface area contributed by atoms with Gasteiger partial charge in [-0.3, -0.25) is 4.99 Å². The number of rotatable bonds is 2. The summed E-state index contributed by atoms with van der Waals surface area (Å²) in [6.45, 7) is 0. The highest BCUT2D eigenvalue weighted by Crippen LogP contribution is 2.22. The Morgan fingerprint density at radius 1 is 1.18 bits per heavy atom. The van der Waals surface area contributed by atoms with Crippen molar-refractivity contribution in [2.45, 2.75) is 44.6 Å². The van der Waals surface area contributed by atoms with Crippen LogP contribution >= 0.6 is 15.9 Å². The Morgan fingerprint density at radius 3 is 2.59 bits per heavy atom. The van der Waals surface area contributed by atoms with E-state index in [1.165, 1.54) is 38.5 Å². The van der Waals surface area contributed by atoms with E-state index >= 15 is 0 Å². The van der Waals surface area contributed by atoms with Gasteiger partial charge in [0.2, 0.25) is 0 Å². The van der Waals surface area contributed by atoms with Crippen molar-refractivity contribution in [1.29, 1.82) is 0 Å². The molecule has 1 aromatic carbocycles. The maximum atomic E-state index is 9.71. The van der Waals surface area contributed by atoms with Gasteiger partial charge in [0.15, 0.2) is 0 Å². The Balaban J connectivity index is 2.05. The third-order valence-corrected chi connectivity index (χ3v) is 3.73. The van der Waals surface area contributed by atoms with Crippen LogP contribution in [0.4, 0.5) is 0 Å². The van der Waals surface area contributed by atoms with Crippen LogP contribution in [0.3, 0.4) is 0 Å². The normalized spacial score (nSPS) is 18.4. The van der Waals surface area contributed by atoms with Crippen LogP contribution in [0, 0.1) is 0 Å². The minimum absolute atomic E-state index is 0.297. The zero-order chi connectivity index (χ0) is 12.1. The molecule has 92 valence electrons. The number of aliphatic imine (C=N–C) groups is 1. The second-order valence-electron chi connectivity index (χ2n) is 4.63. The van der Waals surface area contributed by atoms with Crippen molar-refractivity contribution < 1.29 is 5.11 Å². The topological polar surface area (TPSA) is 32.6 Å². The molecule has 0 heterocycles. The first-order chi connectivity index (χ1) is 8.25. The smallest absolute Gasteiger partial charge is 0.124 e. The van der Waals surface area contributed by atoms with Gasteiger partial charge < -0.3 is 5.11 Å². The summed E-state index contributed by atoms with van der Waals surface area (Å²) >= 11 is 3.40. The first-order valence-electron chi connectivity index (χ1n) is 6.27. The minimum Gasteiger partial charge on any atom is -0.507 e. The fourth-order valence-electron chi connectivity index (χ4n) is 2.22. The Morgan fingerprint density at radius 2 is 1.88 bits per heavy atom. The molecule has 1 saturated carbocycles. The summed E-state index contributed by atoms with van der Waals surface area (Å²) in [6.07, 6.45) is 9.44. The van der Waals surface area contributed by atoms with Crippen molar-refractivity contribution in [3.8, 4) is 5.75 Å². The monoisotopic (exact) mass is 295 g/mol. The number of halogens is 1. The van der Waals surface area contributed by atoms with Crippen molar-refractivity contribution in [1.82, 2.24) is 0 Å². The summed E-state index contributed by atoms with van der Waals surface area (Å²) < 4.78 is 0.970. The highest BCUT2D eigenvalue weighted by atomic mass is 79.9. The third kappa shape index (κ3) is 3.84. The van der Waals surface area contributed by atoms with Crippen molar-refractivity contribution in [2.24, 2.45) is 4.99 Å². The van der Waals surface area contributed by atoms with E-state index in [9.17, 15) is 5.11 Å². The minimum atomic E-state index is 0.297. The van der Waals surface area contributed by atoms with Crippen LogP contribution < -0.4 is 0 Å². The van der Waals surface area contributed by atoms with Crippen molar-refractivity contribution in [2.75, 3.05) is 0 Å². The zero-order valence-corrected chi connectivity index (χ0v) is 11.5. The molecular weight excluding hydrogens is 278 g/mol. The van der Waals surface area contributed by atoms with Crippen LogP contribution in [-0.4, -0.2) is 17.4 Å². The molecule has 0 aliphatic heterocycles. The highest BCUT2D eigenvalue weighted by Gasteiger charge is 2.10. The van der Waals surface area contributed by atoms with Gasteiger partial charge in [-0.1, -0.05) is 41.6 Å². The molecule has 17 heavy (non-hydrogen) atoms. The molecule has 0 unspecified atom stereocenters. The van der Waals surface area contributed by atoms with E-state index in [2.05, 4.69) is 20.9 Å². The van der Waals surface area contributed by atoms with Gasteiger partial charge in [-0.2, -0.15) is 0 Å². The van der Waals surface area contributed by atoms with Crippen molar-refractivity contribution >= 4 is 22.1 Å². The van der Waals surface area contributed by atoms with Gasteiger partial charge in [-0.15, -0.1) is 0 Å². The second-order valence-corrected chi connectivity index (χ2v) is 5.54. The van der Waals surface area contributed by atoms with Gasteiger partial charge in [0.1, 0.15) is 5.75 Å². The largest absolute Gasteiger partial charge is 0.507 e. The number of phenolic OH excluding ortho intramolecular Hbond substituents is 1. The SMILES string of the molecule is Oc1ccc(Br)cc1C=NC1CCCCCC1. The van der Waals surface area contributed by atoms with E-state index in [1.807, 2.05) is 18.3 Å². The molecule has 2 nitrogen and oxygen atoms in total. The molecule has 3 heteroatoms. The number of phenols is 1. The third-order valence-electron chi connectivity index (χ3n) is 3.24. The van der Waals surface area contributed by atoms with E-state index in [1.54, 1.807) is 6.07 Å². The first-order valence-corrected chi connectivity index (χ1v) is 7.07. The lowest BCUT2D eigenvalue weighted by molar-refractivity contribution is 0.474. The van der Waals surface area contributed by atoms with E-state index in [4.69, 9.17) is 0 Å². The van der Waals surface area contributed by atoms with E-state index in [0.29, 0.717) is 11.8 Å². The molecule has 0 aromatic heterocycles. The lowest BCUT2D eigenvalue weighted by Gasteiger charge is -2.07. The quantitative estimate of drug-likeness (QED) is 0.640. The molecule has 1 aromatic rings. The molecule has 0 amide bonds. The molecule has 1 fully saturated rings. The summed E-state index contributed by atoms with van der Waals surface area (Å²) in [6, 6.07) is 5.86. The van der Waals surface area contributed by atoms with Gasteiger partial charge in [-0.25, -0.2) is 0 Å². The summed E-state index contributed by atoms with van der Waals surface area (Å²) in [5.41, 5.74) is 0.795. The molecule has 1 aliphatic rings. The number of hydrogen-bond acceptors (Lipinski definition) is 2. The fourth-order valence-corrected chi connectivity index (χ4v) is 2.60. The van der Waals surface area contributed by atoms with E-state index in [0.717, 1.165) is 10.0 Å². The van der Waals surface area contributed by atoms with E-state index in [-0.39, 0.29) is 0 Å². The lowest BCUT2D eigenvalue weighted by atomic mass is 10.1. The Labute approximate surface area is 111 Å². The van der Waals surface area contributed by atoms with Gasteiger partial charge in [0.05, 0.1) is 0 Å². The van der Waals surface area contributed by atoms with Crippen LogP contribution in [0.2, 0.25) is 0 Å². The Kier molecular flexibility index (Phi) is 4.60. The molecular formula is C14H18BrNO. The molecule has 0 atom stereocenters. The van der Waals surface area contributed by atoms with Crippen LogP contribution in [-0.2, 0) is 0 Å². The molecule has 0 bridgehead atoms. The maximum absolute atomic E-state index is 9.71. The fraction of sp³-hybridized carbons (Fsp3) is 0.500. The Bertz CT molecular complexity index is 395. The number of nitrogens with zero attached hydrogens (tertiary/aromatic N) is 1. The van der Waals surface area contributed by atoms with Crippen LogP contribution in [0.1, 0.15) is 44.1 Å². The lowest BCUT2D eigenvalue weighted by Crippen LogP contribution is -2.02. The second kappa shape index (κ2) is 6.20. The zero-order valence-electron chi connectivity index (χ0n) is 9.90. The standard InChI is InChI=1S/C14H18BrNO/c15-12-7-8-14(17)11(9-12)10-16-13-5-3-1-2-4-6-13/h7-10,13,17H,1-6H2. The van der Waals surface area contributed by atoms with Gasteiger partial charge in [-0.05, 0) is 31.0 Å². The summed E-state index contributed by atoms with van der Waals surface area (Å²) in [5.74, 6) is 0.297. The average Bonchev–Trinajstić information content (AvgIpc) is 2.59. The molecule has 0 saturated heterocycles. The average molecular weight is 296 g/mol. The first kappa shape index (κ1) is 12.6. The van der Waals surface area contributed by atoms with Crippen LogP contribution in [0.5, 0.6) is 5.75 Å². The predicted molar refractivity (Wildman–Crippen MR) is 74.9 cm³/mol. The highest BCUT2D eigenvalue weighted by molar-refractivity contribution is 9.10. The number of aromatic hydroxyl groups is 1. The van der Waals surface area contributed by atoms with Gasteiger partial charge in [0, 0.05) is 22.3 Å². The molecule has 0 spiro atoms. The van der Waals surface area contributed by atoms with Crippen LogP contribution in [0.25, 0.3) is 0 Å². The van der Waals surface area contributed by atoms with Gasteiger partial charge >= 0.3 is 0 Å². The molecule has 1 aliphatic carbocycles. The summed E-state index contributed by atoms with van der Waals surface area (Å²) in [4.78, 5) is 4.61. The van der Waals surface area contributed by atoms with Gasteiger partial charge in [0.25, 0.3) is 0 Å². The van der Waals surface area contributed by atoms with E-state index < -0.39 is 0 Å². The van der Waals surface area contributed by atoms with Crippen molar-refractivity contribution in [3.63, 3.8) is 0 Å². The number of hydrogen-bond donors (Lipinski definition) is 1.